The number of nitrogens with two attached hydrogens (primary N) is 1. The highest BCUT2D eigenvalue weighted by atomic mass is 16.1. The summed E-state index contributed by atoms with van der Waals surface area (Å²) in [4.78, 5) is 11.3. The van der Waals surface area contributed by atoms with Crippen LogP contribution in [0.2, 0.25) is 0 Å². The zero-order valence-electron chi connectivity index (χ0n) is 9.23. The van der Waals surface area contributed by atoms with Gasteiger partial charge in [0.25, 0.3) is 5.91 Å². The van der Waals surface area contributed by atoms with Gasteiger partial charge in [0.15, 0.2) is 12.4 Å². The molecule has 0 aromatic carbocycles. The third-order valence-electron chi connectivity index (χ3n) is 2.51. The van der Waals surface area contributed by atoms with E-state index in [1.165, 1.54) is 0 Å². The second-order valence-corrected chi connectivity index (χ2v) is 3.74. The lowest BCUT2D eigenvalue weighted by molar-refractivity contribution is -0.709. The quantitative estimate of drug-likeness (QED) is 0.558. The van der Waals surface area contributed by atoms with Crippen LogP contribution in [0.3, 0.4) is 0 Å². The second-order valence-electron chi connectivity index (χ2n) is 3.74. The molecular weight excluding hydrogens is 188 g/mol. The van der Waals surface area contributed by atoms with Crippen LogP contribution >= 0.6 is 0 Å². The number of carbonyl (C=O) groups excluding carboxylic acids is 1. The van der Waals surface area contributed by atoms with E-state index in [4.69, 9.17) is 5.73 Å². The summed E-state index contributed by atoms with van der Waals surface area (Å²) in [5.74, 6) is -0.248. The van der Waals surface area contributed by atoms with Crippen LogP contribution in [0.1, 0.15) is 38.6 Å². The molecule has 1 unspecified atom stereocenters. The van der Waals surface area contributed by atoms with E-state index in [0.717, 1.165) is 25.7 Å². The molecule has 0 saturated heterocycles. The number of aromatic nitrogens is 1. The van der Waals surface area contributed by atoms with Crippen molar-refractivity contribution in [3.05, 3.63) is 30.6 Å². The topological polar surface area (TPSA) is 47.0 Å². The summed E-state index contributed by atoms with van der Waals surface area (Å²) in [6.07, 6.45) is 7.97. The Balaban J connectivity index is 2.62. The van der Waals surface area contributed by atoms with Crippen LogP contribution in [-0.4, -0.2) is 5.91 Å². The summed E-state index contributed by atoms with van der Waals surface area (Å²) < 4.78 is 1.89. The minimum absolute atomic E-state index is 0.197. The Labute approximate surface area is 90.9 Å². The summed E-state index contributed by atoms with van der Waals surface area (Å²) in [6.45, 7) is 2.15. The van der Waals surface area contributed by atoms with Gasteiger partial charge < -0.3 is 5.73 Å². The Hall–Kier alpha value is -1.38. The SMILES string of the molecule is CCCCCC(C(N)=O)[n+]1ccccc1. The fourth-order valence-corrected chi connectivity index (χ4v) is 1.65. The zero-order valence-corrected chi connectivity index (χ0v) is 9.23. The standard InChI is InChI=1S/C12H18N2O/c1-2-3-5-8-11(12(13)15)14-9-6-4-7-10-14/h4,6-7,9-11H,2-3,5,8H2,1H3,(H-,13,15)/p+1. The molecule has 15 heavy (non-hydrogen) atoms. The first-order chi connectivity index (χ1) is 7.25. The van der Waals surface area contributed by atoms with Gasteiger partial charge in [0, 0.05) is 18.6 Å². The molecule has 1 atom stereocenters. The Morgan fingerprint density at radius 3 is 2.47 bits per heavy atom. The molecule has 1 aromatic rings. The van der Waals surface area contributed by atoms with Gasteiger partial charge in [0.05, 0.1) is 0 Å². The molecule has 1 amide bonds. The number of pyridine rings is 1. The molecule has 1 heterocycles. The van der Waals surface area contributed by atoms with Crippen molar-refractivity contribution in [1.29, 1.82) is 0 Å². The van der Waals surface area contributed by atoms with Crippen LogP contribution in [0.15, 0.2) is 30.6 Å². The van der Waals surface area contributed by atoms with Crippen LogP contribution in [0, 0.1) is 0 Å². The van der Waals surface area contributed by atoms with Gasteiger partial charge in [-0.05, 0) is 6.42 Å². The van der Waals surface area contributed by atoms with Crippen molar-refractivity contribution in [2.75, 3.05) is 0 Å². The minimum atomic E-state index is -0.248. The number of primary amides is 1. The number of amides is 1. The molecule has 1 rings (SSSR count). The lowest BCUT2D eigenvalue weighted by atomic mass is 10.1. The van der Waals surface area contributed by atoms with Crippen molar-refractivity contribution < 1.29 is 9.36 Å². The molecule has 0 saturated carbocycles. The number of hydrogen-bond acceptors (Lipinski definition) is 1. The third-order valence-corrected chi connectivity index (χ3v) is 2.51. The van der Waals surface area contributed by atoms with Gasteiger partial charge >= 0.3 is 0 Å². The molecule has 1 aromatic heterocycles. The van der Waals surface area contributed by atoms with Crippen molar-refractivity contribution in [1.82, 2.24) is 0 Å². The van der Waals surface area contributed by atoms with E-state index >= 15 is 0 Å². The van der Waals surface area contributed by atoms with Crippen LogP contribution in [-0.2, 0) is 4.79 Å². The average molecular weight is 207 g/mol. The molecule has 3 heteroatoms. The molecule has 82 valence electrons. The third kappa shape index (κ3) is 3.70. The molecule has 0 aliphatic carbocycles. The van der Waals surface area contributed by atoms with Crippen LogP contribution in [0.25, 0.3) is 0 Å². The Bertz CT molecular complexity index is 298. The zero-order chi connectivity index (χ0) is 11.1. The number of unbranched alkanes of at least 4 members (excludes halogenated alkanes) is 2. The van der Waals surface area contributed by atoms with Gasteiger partial charge in [0.2, 0.25) is 6.04 Å². The first-order valence-electron chi connectivity index (χ1n) is 5.50. The lowest BCUT2D eigenvalue weighted by Gasteiger charge is -2.07. The molecule has 0 radical (unpaired) electrons. The van der Waals surface area contributed by atoms with Crippen molar-refractivity contribution in [2.24, 2.45) is 5.73 Å². The number of carbonyl (C=O) groups is 1. The predicted molar refractivity (Wildman–Crippen MR) is 59.0 cm³/mol. The van der Waals surface area contributed by atoms with Gasteiger partial charge in [0.1, 0.15) is 0 Å². The highest BCUT2D eigenvalue weighted by Gasteiger charge is 2.23. The Morgan fingerprint density at radius 2 is 1.93 bits per heavy atom. The number of hydrogen-bond donors (Lipinski definition) is 1. The molecule has 0 aliphatic rings. The average Bonchev–Trinajstić information content (AvgIpc) is 2.25. The summed E-state index contributed by atoms with van der Waals surface area (Å²) >= 11 is 0. The van der Waals surface area contributed by atoms with Gasteiger partial charge in [-0.25, -0.2) is 0 Å². The minimum Gasteiger partial charge on any atom is -0.364 e. The van der Waals surface area contributed by atoms with Crippen molar-refractivity contribution >= 4 is 5.91 Å². The summed E-state index contributed by atoms with van der Waals surface area (Å²) in [7, 11) is 0. The fraction of sp³-hybridized carbons (Fsp3) is 0.500. The molecule has 0 aliphatic heterocycles. The van der Waals surface area contributed by atoms with Crippen LogP contribution < -0.4 is 10.3 Å². The van der Waals surface area contributed by atoms with Crippen molar-refractivity contribution in [3.8, 4) is 0 Å². The molecule has 0 spiro atoms. The van der Waals surface area contributed by atoms with Gasteiger partial charge in [-0.3, -0.25) is 4.79 Å². The van der Waals surface area contributed by atoms with Crippen LogP contribution in [0.5, 0.6) is 0 Å². The normalized spacial score (nSPS) is 12.3. The van der Waals surface area contributed by atoms with Crippen molar-refractivity contribution in [3.63, 3.8) is 0 Å². The molecular formula is C12H19N2O+. The van der Waals surface area contributed by atoms with Crippen LogP contribution in [0.4, 0.5) is 0 Å². The molecule has 3 nitrogen and oxygen atoms in total. The van der Waals surface area contributed by atoms with Gasteiger partial charge in [-0.2, -0.15) is 4.57 Å². The number of nitrogens with zero attached hydrogens (tertiary/aromatic N) is 1. The smallest absolute Gasteiger partial charge is 0.286 e. The largest absolute Gasteiger partial charge is 0.364 e. The Kier molecular flexibility index (Phi) is 4.81. The predicted octanol–water partition coefficient (Wildman–Crippen LogP) is 1.58. The first kappa shape index (κ1) is 11.7. The monoisotopic (exact) mass is 207 g/mol. The second kappa shape index (κ2) is 6.17. The lowest BCUT2D eigenvalue weighted by Crippen LogP contribution is -2.46. The van der Waals surface area contributed by atoms with E-state index in [0.29, 0.717) is 0 Å². The summed E-state index contributed by atoms with van der Waals surface area (Å²) in [6, 6.07) is 5.56. The van der Waals surface area contributed by atoms with E-state index in [1.54, 1.807) is 0 Å². The van der Waals surface area contributed by atoms with Gasteiger partial charge in [-0.1, -0.05) is 25.8 Å². The van der Waals surface area contributed by atoms with E-state index in [2.05, 4.69) is 6.92 Å². The van der Waals surface area contributed by atoms with E-state index < -0.39 is 0 Å². The highest BCUT2D eigenvalue weighted by molar-refractivity contribution is 5.76. The molecule has 2 N–H and O–H groups in total. The molecule has 0 fully saturated rings. The first-order valence-corrected chi connectivity index (χ1v) is 5.50. The number of rotatable bonds is 6. The fourth-order valence-electron chi connectivity index (χ4n) is 1.65. The van der Waals surface area contributed by atoms with Gasteiger partial charge in [-0.15, -0.1) is 0 Å². The summed E-state index contributed by atoms with van der Waals surface area (Å²) in [5, 5.41) is 0. The summed E-state index contributed by atoms with van der Waals surface area (Å²) in [5.41, 5.74) is 5.39. The highest BCUT2D eigenvalue weighted by Crippen LogP contribution is 2.09. The van der Waals surface area contributed by atoms with E-state index in [-0.39, 0.29) is 11.9 Å². The van der Waals surface area contributed by atoms with E-state index in [9.17, 15) is 4.79 Å². The van der Waals surface area contributed by atoms with Crippen molar-refractivity contribution in [2.45, 2.75) is 38.6 Å². The maximum atomic E-state index is 11.3. The maximum absolute atomic E-state index is 11.3. The van der Waals surface area contributed by atoms with E-state index in [1.807, 2.05) is 35.2 Å². The maximum Gasteiger partial charge on any atom is 0.286 e. The molecule has 0 bridgehead atoms. The Morgan fingerprint density at radius 1 is 1.27 bits per heavy atom.